The second-order valence-corrected chi connectivity index (χ2v) is 4.92. The highest BCUT2D eigenvalue weighted by Gasteiger charge is 2.31. The second kappa shape index (κ2) is 3.95. The molecule has 0 radical (unpaired) electrons. The Labute approximate surface area is 92.7 Å². The van der Waals surface area contributed by atoms with E-state index in [1.54, 1.807) is 0 Å². The molecule has 0 atom stereocenters. The number of likely N-dealkylation sites (tertiary alicyclic amines) is 1. The molecule has 14 heavy (non-hydrogen) atoms. The molecule has 76 valence electrons. The Kier molecular flexibility index (Phi) is 2.83. The molecule has 1 saturated heterocycles. The monoisotopic (exact) mass is 255 g/mol. The van der Waals surface area contributed by atoms with E-state index in [2.05, 4.69) is 44.6 Å². The zero-order chi connectivity index (χ0) is 10.1. The molecule has 1 aromatic rings. The van der Waals surface area contributed by atoms with E-state index < -0.39 is 0 Å². The van der Waals surface area contributed by atoms with E-state index in [-0.39, 0.29) is 0 Å². The quantitative estimate of drug-likeness (QED) is 0.810. The lowest BCUT2D eigenvalue weighted by atomic mass is 9.97. The van der Waals surface area contributed by atoms with Gasteiger partial charge in [-0.1, -0.05) is 0 Å². The summed E-state index contributed by atoms with van der Waals surface area (Å²) in [6.45, 7) is 6.63. The van der Waals surface area contributed by atoms with E-state index >= 15 is 0 Å². The molecule has 0 amide bonds. The van der Waals surface area contributed by atoms with Crippen molar-refractivity contribution in [1.29, 1.82) is 0 Å². The van der Waals surface area contributed by atoms with E-state index in [1.807, 2.05) is 12.4 Å². The third-order valence-corrected chi connectivity index (χ3v) is 3.06. The topological polar surface area (TPSA) is 29.0 Å². The van der Waals surface area contributed by atoms with E-state index in [0.717, 1.165) is 23.4 Å². The van der Waals surface area contributed by atoms with E-state index in [4.69, 9.17) is 0 Å². The average molecular weight is 256 g/mol. The van der Waals surface area contributed by atoms with Crippen LogP contribution in [0, 0.1) is 0 Å². The van der Waals surface area contributed by atoms with Crippen molar-refractivity contribution >= 4 is 15.9 Å². The second-order valence-electron chi connectivity index (χ2n) is 4.00. The van der Waals surface area contributed by atoms with Gasteiger partial charge in [0.25, 0.3) is 0 Å². The fourth-order valence-corrected chi connectivity index (χ4v) is 1.84. The molecule has 1 fully saturated rings. The number of hydrogen-bond donors (Lipinski definition) is 0. The minimum absolute atomic E-state index is 0.533. The van der Waals surface area contributed by atoms with Gasteiger partial charge in [-0.25, -0.2) is 9.97 Å². The summed E-state index contributed by atoms with van der Waals surface area (Å²) in [7, 11) is 0. The van der Waals surface area contributed by atoms with Crippen molar-refractivity contribution in [2.75, 3.05) is 13.1 Å². The van der Waals surface area contributed by atoms with Crippen LogP contribution in [0.2, 0.25) is 0 Å². The number of aromatic nitrogens is 2. The first-order chi connectivity index (χ1) is 6.66. The summed E-state index contributed by atoms with van der Waals surface area (Å²) in [5, 5.41) is 0. The molecule has 0 spiro atoms. The lowest BCUT2D eigenvalue weighted by Crippen LogP contribution is -2.49. The van der Waals surface area contributed by atoms with Crippen LogP contribution in [-0.2, 0) is 0 Å². The molecule has 4 heteroatoms. The Morgan fingerprint density at radius 3 is 2.43 bits per heavy atom. The van der Waals surface area contributed by atoms with Crippen molar-refractivity contribution in [2.24, 2.45) is 0 Å². The van der Waals surface area contributed by atoms with Crippen molar-refractivity contribution in [3.63, 3.8) is 0 Å². The predicted octanol–water partition coefficient (Wildman–Crippen LogP) is 2.05. The number of hydrogen-bond acceptors (Lipinski definition) is 3. The first-order valence-electron chi connectivity index (χ1n) is 4.88. The molecule has 0 aromatic carbocycles. The molecular formula is C10H14BrN3. The fourth-order valence-electron chi connectivity index (χ4n) is 1.63. The van der Waals surface area contributed by atoms with Crippen molar-refractivity contribution in [3.8, 4) is 0 Å². The molecule has 0 aliphatic carbocycles. The van der Waals surface area contributed by atoms with Crippen LogP contribution in [0.25, 0.3) is 0 Å². The van der Waals surface area contributed by atoms with Crippen molar-refractivity contribution in [1.82, 2.24) is 14.9 Å². The average Bonchev–Trinajstić information content (AvgIpc) is 2.05. The van der Waals surface area contributed by atoms with Gasteiger partial charge in [-0.05, 0) is 29.8 Å². The molecule has 0 bridgehead atoms. The number of halogens is 1. The number of rotatable bonds is 2. The minimum Gasteiger partial charge on any atom is -0.299 e. The molecule has 1 aliphatic heterocycles. The third kappa shape index (κ3) is 1.96. The zero-order valence-corrected chi connectivity index (χ0v) is 10.0. The molecule has 0 N–H and O–H groups in total. The maximum Gasteiger partial charge on any atom is 0.133 e. The van der Waals surface area contributed by atoms with Crippen molar-refractivity contribution in [2.45, 2.75) is 25.8 Å². The van der Waals surface area contributed by atoms with Gasteiger partial charge >= 0.3 is 0 Å². The van der Waals surface area contributed by atoms with Gasteiger partial charge in [-0.15, -0.1) is 0 Å². The Morgan fingerprint density at radius 1 is 1.36 bits per heavy atom. The number of nitrogens with zero attached hydrogens (tertiary/aromatic N) is 3. The Balaban J connectivity index is 1.96. The molecule has 3 nitrogen and oxygen atoms in total. The summed E-state index contributed by atoms with van der Waals surface area (Å²) in [6.07, 6.45) is 3.64. The summed E-state index contributed by atoms with van der Waals surface area (Å²) < 4.78 is 0.946. The third-order valence-electron chi connectivity index (χ3n) is 2.65. The predicted molar refractivity (Wildman–Crippen MR) is 59.2 cm³/mol. The largest absolute Gasteiger partial charge is 0.299 e. The lowest BCUT2D eigenvalue weighted by Gasteiger charge is -2.41. The van der Waals surface area contributed by atoms with Gasteiger partial charge in [-0.2, -0.15) is 0 Å². The van der Waals surface area contributed by atoms with Crippen LogP contribution in [0.1, 0.15) is 25.6 Å². The highest BCUT2D eigenvalue weighted by atomic mass is 79.9. The van der Waals surface area contributed by atoms with Crippen LogP contribution < -0.4 is 0 Å². The summed E-state index contributed by atoms with van der Waals surface area (Å²) in [5.41, 5.74) is 0. The van der Waals surface area contributed by atoms with Crippen molar-refractivity contribution in [3.05, 3.63) is 22.7 Å². The maximum atomic E-state index is 4.31. The smallest absolute Gasteiger partial charge is 0.133 e. The van der Waals surface area contributed by atoms with Crippen LogP contribution in [0.3, 0.4) is 0 Å². The van der Waals surface area contributed by atoms with E-state index in [0.29, 0.717) is 12.0 Å². The van der Waals surface area contributed by atoms with Gasteiger partial charge in [0.15, 0.2) is 0 Å². The Bertz CT molecular complexity index is 304. The summed E-state index contributed by atoms with van der Waals surface area (Å²) >= 11 is 3.33. The van der Waals surface area contributed by atoms with Crippen LogP contribution >= 0.6 is 15.9 Å². The molecule has 1 aliphatic rings. The van der Waals surface area contributed by atoms with Gasteiger partial charge in [-0.3, -0.25) is 4.90 Å². The van der Waals surface area contributed by atoms with Crippen LogP contribution in [-0.4, -0.2) is 34.0 Å². The summed E-state index contributed by atoms with van der Waals surface area (Å²) in [4.78, 5) is 11.0. The SMILES string of the molecule is CC(C)N1CC(c2ncc(Br)cn2)C1. The Hall–Kier alpha value is -0.480. The Morgan fingerprint density at radius 2 is 1.93 bits per heavy atom. The molecular weight excluding hydrogens is 242 g/mol. The van der Waals surface area contributed by atoms with Gasteiger partial charge < -0.3 is 0 Å². The van der Waals surface area contributed by atoms with Crippen LogP contribution in [0.4, 0.5) is 0 Å². The minimum atomic E-state index is 0.533. The highest BCUT2D eigenvalue weighted by molar-refractivity contribution is 9.10. The van der Waals surface area contributed by atoms with Crippen LogP contribution in [0.15, 0.2) is 16.9 Å². The highest BCUT2D eigenvalue weighted by Crippen LogP contribution is 2.25. The van der Waals surface area contributed by atoms with Crippen LogP contribution in [0.5, 0.6) is 0 Å². The van der Waals surface area contributed by atoms with Gasteiger partial charge in [0.1, 0.15) is 5.82 Å². The fraction of sp³-hybridized carbons (Fsp3) is 0.600. The van der Waals surface area contributed by atoms with Gasteiger partial charge in [0.2, 0.25) is 0 Å². The van der Waals surface area contributed by atoms with E-state index in [1.165, 1.54) is 0 Å². The normalized spacial score (nSPS) is 18.6. The maximum absolute atomic E-state index is 4.31. The molecule has 0 unspecified atom stereocenters. The molecule has 1 aromatic heterocycles. The molecule has 2 rings (SSSR count). The van der Waals surface area contributed by atoms with E-state index in [9.17, 15) is 0 Å². The first-order valence-corrected chi connectivity index (χ1v) is 5.67. The van der Waals surface area contributed by atoms with Gasteiger partial charge in [0, 0.05) is 37.4 Å². The molecule has 0 saturated carbocycles. The van der Waals surface area contributed by atoms with Gasteiger partial charge in [0.05, 0.1) is 4.47 Å². The summed E-state index contributed by atoms with van der Waals surface area (Å²) in [5.74, 6) is 1.51. The standard InChI is InChI=1S/C10H14BrN3/c1-7(2)14-5-8(6-14)10-12-3-9(11)4-13-10/h3-4,7-8H,5-6H2,1-2H3. The first kappa shape index (κ1) is 10.1. The summed E-state index contributed by atoms with van der Waals surface area (Å²) in [6, 6.07) is 0.640. The lowest BCUT2D eigenvalue weighted by molar-refractivity contribution is 0.105. The van der Waals surface area contributed by atoms with Crippen molar-refractivity contribution < 1.29 is 0 Å². The zero-order valence-electron chi connectivity index (χ0n) is 8.44. The molecule has 2 heterocycles.